The molecule has 1 aromatic carbocycles. The number of aliphatic hydroxyl groups excluding tert-OH is 1. The average molecular weight is 507 g/mol. The number of hydrogen-bond donors (Lipinski definition) is 2. The Bertz CT molecular complexity index is 1230. The Morgan fingerprint density at radius 2 is 1.97 bits per heavy atom. The van der Waals surface area contributed by atoms with Gasteiger partial charge in [0.1, 0.15) is 11.5 Å². The Labute approximate surface area is 205 Å². The molecule has 0 unspecified atom stereocenters. The van der Waals surface area contributed by atoms with E-state index in [0.29, 0.717) is 23.7 Å². The van der Waals surface area contributed by atoms with E-state index in [2.05, 4.69) is 15.0 Å². The number of Topliss-reactive ketones (excluding diaryl/α,β-unsaturated/α-hetero) is 1. The van der Waals surface area contributed by atoms with Gasteiger partial charge in [0.2, 0.25) is 10.0 Å². The number of sulfonamides is 1. The molecule has 0 amide bonds. The fraction of sp³-hybridized carbons (Fsp3) is 0.458. The lowest BCUT2D eigenvalue weighted by atomic mass is 9.99. The van der Waals surface area contributed by atoms with Crippen molar-refractivity contribution in [3.8, 4) is 11.4 Å². The molecule has 34 heavy (non-hydrogen) atoms. The van der Waals surface area contributed by atoms with Crippen molar-refractivity contribution in [2.24, 2.45) is 5.92 Å². The number of hydrogen-bond acceptors (Lipinski definition) is 6. The molecule has 0 saturated carbocycles. The molecule has 8 nitrogen and oxygen atoms in total. The fourth-order valence-electron chi connectivity index (χ4n) is 4.08. The van der Waals surface area contributed by atoms with Crippen LogP contribution in [0.3, 0.4) is 0 Å². The van der Waals surface area contributed by atoms with Crippen molar-refractivity contribution in [1.82, 2.24) is 19.3 Å². The number of nitrogens with one attached hydrogen (secondary N) is 1. The van der Waals surface area contributed by atoms with Crippen LogP contribution in [-0.4, -0.2) is 57.8 Å². The van der Waals surface area contributed by atoms with E-state index in [4.69, 9.17) is 11.6 Å². The standard InChI is InChI=1S/C24H31ClN4O4S/c1-5-29(22(12-15(2)3)23(31)9-11-30)34(32,33)18-7-6-17(19(25)14-18)13-21-24-20(8-10-26-21)27-16(4)28-24/h6-8,10,14-15,22,26,30H,5,9,11-13H2,1-4H3/t22-/m0/s1. The first-order valence-electron chi connectivity index (χ1n) is 11.3. The van der Waals surface area contributed by atoms with Crippen molar-refractivity contribution in [2.75, 3.05) is 13.2 Å². The predicted octanol–water partition coefficient (Wildman–Crippen LogP) is 3.84. The molecule has 0 saturated heterocycles. The molecule has 2 heterocycles. The minimum Gasteiger partial charge on any atom is -0.396 e. The molecule has 0 aromatic heterocycles. The molecular formula is C24H31ClN4O4S. The second kappa shape index (κ2) is 10.9. The minimum absolute atomic E-state index is 0.0276. The van der Waals surface area contributed by atoms with Crippen LogP contribution in [0.4, 0.5) is 0 Å². The first-order chi connectivity index (χ1) is 16.1. The molecule has 10 heteroatoms. The molecule has 3 rings (SSSR count). The SMILES string of the molecule is CCN([C@@H](CC(C)C)C(=O)CCO)S(=O)(=O)c1ccc(Cc2[nH]ccc3nc(C)nc2-3)c(Cl)c1. The smallest absolute Gasteiger partial charge is 0.243 e. The number of aromatic amines is 1. The zero-order valence-corrected chi connectivity index (χ0v) is 21.4. The summed E-state index contributed by atoms with van der Waals surface area (Å²) < 4.78 is 28.3. The van der Waals surface area contributed by atoms with Gasteiger partial charge in [-0.15, -0.1) is 0 Å². The summed E-state index contributed by atoms with van der Waals surface area (Å²) in [6, 6.07) is 5.64. The Hall–Kier alpha value is -2.33. The summed E-state index contributed by atoms with van der Waals surface area (Å²) in [5.41, 5.74) is 3.10. The number of carbonyl (C=O) groups is 1. The molecule has 1 aromatic rings. The molecule has 2 aliphatic heterocycles. The Balaban J connectivity index is 1.92. The largest absolute Gasteiger partial charge is 0.396 e. The van der Waals surface area contributed by atoms with Gasteiger partial charge in [0, 0.05) is 36.3 Å². The number of pyridine rings is 1. The van der Waals surface area contributed by atoms with E-state index < -0.39 is 16.1 Å². The Morgan fingerprint density at radius 1 is 1.24 bits per heavy atom. The summed E-state index contributed by atoms with van der Waals surface area (Å²) in [6.07, 6.45) is 2.50. The lowest BCUT2D eigenvalue weighted by Gasteiger charge is -2.30. The fourth-order valence-corrected chi connectivity index (χ4v) is 6.05. The number of aromatic nitrogens is 3. The molecule has 0 fully saturated rings. The second-order valence-electron chi connectivity index (χ2n) is 8.68. The number of rotatable bonds is 11. The normalized spacial score (nSPS) is 13.2. The number of carbonyl (C=O) groups excluding carboxylic acids is 1. The first-order valence-corrected chi connectivity index (χ1v) is 13.1. The maximum absolute atomic E-state index is 13.5. The lowest BCUT2D eigenvalue weighted by molar-refractivity contribution is -0.123. The van der Waals surface area contributed by atoms with Gasteiger partial charge < -0.3 is 10.1 Å². The monoisotopic (exact) mass is 506 g/mol. The van der Waals surface area contributed by atoms with Gasteiger partial charge in [-0.3, -0.25) is 4.79 Å². The third kappa shape index (κ3) is 5.66. The number of likely N-dealkylation sites (N-methyl/N-ethyl adjacent to an activating group) is 1. The molecular weight excluding hydrogens is 476 g/mol. The van der Waals surface area contributed by atoms with E-state index in [-0.39, 0.29) is 36.2 Å². The van der Waals surface area contributed by atoms with Gasteiger partial charge in [-0.25, -0.2) is 18.4 Å². The molecule has 0 spiro atoms. The summed E-state index contributed by atoms with van der Waals surface area (Å²) >= 11 is 6.53. The average Bonchev–Trinajstić information content (AvgIpc) is 3.15. The van der Waals surface area contributed by atoms with Gasteiger partial charge in [0.25, 0.3) is 0 Å². The Kier molecular flexibility index (Phi) is 8.46. The first kappa shape index (κ1) is 26.3. The number of H-pyrrole nitrogens is 1. The van der Waals surface area contributed by atoms with Crippen LogP contribution in [0, 0.1) is 12.8 Å². The molecule has 1 atom stereocenters. The van der Waals surface area contributed by atoms with E-state index >= 15 is 0 Å². The topological polar surface area (TPSA) is 116 Å². The van der Waals surface area contributed by atoms with Crippen molar-refractivity contribution in [3.05, 3.63) is 52.6 Å². The maximum Gasteiger partial charge on any atom is 0.243 e. The predicted molar refractivity (Wildman–Crippen MR) is 132 cm³/mol. The minimum atomic E-state index is -3.99. The van der Waals surface area contributed by atoms with Crippen LogP contribution in [0.25, 0.3) is 11.4 Å². The number of nitrogens with zero attached hydrogens (tertiary/aromatic N) is 3. The van der Waals surface area contributed by atoms with Crippen LogP contribution < -0.4 is 0 Å². The number of fused-ring (bicyclic) bond motifs is 1. The van der Waals surface area contributed by atoms with Crippen molar-refractivity contribution in [3.63, 3.8) is 0 Å². The van der Waals surface area contributed by atoms with Crippen molar-refractivity contribution < 1.29 is 18.3 Å². The highest BCUT2D eigenvalue weighted by atomic mass is 35.5. The van der Waals surface area contributed by atoms with Gasteiger partial charge in [-0.05, 0) is 43.0 Å². The lowest BCUT2D eigenvalue weighted by Crippen LogP contribution is -2.45. The van der Waals surface area contributed by atoms with Gasteiger partial charge in [0.15, 0.2) is 5.78 Å². The van der Waals surface area contributed by atoms with E-state index in [9.17, 15) is 18.3 Å². The van der Waals surface area contributed by atoms with Crippen molar-refractivity contribution >= 4 is 27.4 Å². The van der Waals surface area contributed by atoms with Crippen LogP contribution in [0.15, 0.2) is 35.4 Å². The van der Waals surface area contributed by atoms with Gasteiger partial charge >= 0.3 is 0 Å². The van der Waals surface area contributed by atoms with E-state index in [1.807, 2.05) is 26.8 Å². The molecule has 0 bridgehead atoms. The maximum atomic E-state index is 13.5. The number of aryl methyl sites for hydroxylation is 1. The van der Waals surface area contributed by atoms with Crippen LogP contribution >= 0.6 is 11.6 Å². The second-order valence-corrected chi connectivity index (χ2v) is 11.0. The Morgan fingerprint density at radius 3 is 2.59 bits per heavy atom. The van der Waals surface area contributed by atoms with Crippen LogP contribution in [-0.2, 0) is 21.2 Å². The molecule has 2 aliphatic rings. The molecule has 0 aliphatic carbocycles. The zero-order valence-electron chi connectivity index (χ0n) is 19.9. The zero-order chi connectivity index (χ0) is 25.0. The number of imidazole rings is 1. The highest BCUT2D eigenvalue weighted by Crippen LogP contribution is 2.30. The van der Waals surface area contributed by atoms with Crippen LogP contribution in [0.2, 0.25) is 5.02 Å². The number of aliphatic hydroxyl groups is 1. The quantitative estimate of drug-likeness (QED) is 0.408. The van der Waals surface area contributed by atoms with E-state index in [0.717, 1.165) is 22.6 Å². The summed E-state index contributed by atoms with van der Waals surface area (Å²) in [4.78, 5) is 24.7. The number of ketones is 1. The van der Waals surface area contributed by atoms with E-state index in [1.165, 1.54) is 16.4 Å². The van der Waals surface area contributed by atoms with Crippen LogP contribution in [0.5, 0.6) is 0 Å². The summed E-state index contributed by atoms with van der Waals surface area (Å²) in [7, 11) is -3.99. The molecule has 2 N–H and O–H groups in total. The highest BCUT2D eigenvalue weighted by Gasteiger charge is 2.35. The summed E-state index contributed by atoms with van der Waals surface area (Å²) in [5, 5.41) is 9.54. The van der Waals surface area contributed by atoms with Crippen LogP contribution in [0.1, 0.15) is 50.7 Å². The van der Waals surface area contributed by atoms with Crippen molar-refractivity contribution in [2.45, 2.75) is 57.9 Å². The third-order valence-electron chi connectivity index (χ3n) is 5.67. The van der Waals surface area contributed by atoms with Gasteiger partial charge in [-0.1, -0.05) is 38.4 Å². The summed E-state index contributed by atoms with van der Waals surface area (Å²) in [6.45, 7) is 7.20. The van der Waals surface area contributed by atoms with Gasteiger partial charge in [0.05, 0.1) is 23.2 Å². The summed E-state index contributed by atoms with van der Waals surface area (Å²) in [5.74, 6) is 0.485. The van der Waals surface area contributed by atoms with Gasteiger partial charge in [-0.2, -0.15) is 4.31 Å². The molecule has 0 radical (unpaired) electrons. The number of halogens is 1. The highest BCUT2D eigenvalue weighted by molar-refractivity contribution is 7.89. The molecule has 184 valence electrons. The third-order valence-corrected chi connectivity index (χ3v) is 8.00. The van der Waals surface area contributed by atoms with E-state index in [1.54, 1.807) is 19.2 Å². The van der Waals surface area contributed by atoms with Crippen molar-refractivity contribution in [1.29, 1.82) is 0 Å². The number of benzene rings is 1.